The van der Waals surface area contributed by atoms with E-state index in [1.54, 1.807) is 42.1 Å². The minimum atomic E-state index is -0.314. The first-order chi connectivity index (χ1) is 12.0. The van der Waals surface area contributed by atoms with E-state index in [-0.39, 0.29) is 22.6 Å². The summed E-state index contributed by atoms with van der Waals surface area (Å²) in [5.74, 6) is 0.191. The van der Waals surface area contributed by atoms with Crippen LogP contribution in [0.1, 0.15) is 0 Å². The monoisotopic (exact) mass is 377 g/mol. The SMILES string of the molecule is Cn1c(SCC(=O)Nc2cccnc2Cl)nnc1-c1ccc(F)cc1. The third kappa shape index (κ3) is 4.15. The maximum atomic E-state index is 13.0. The molecule has 0 saturated carbocycles. The molecule has 1 N–H and O–H groups in total. The van der Waals surface area contributed by atoms with Gasteiger partial charge in [-0.1, -0.05) is 23.4 Å². The third-order valence-corrected chi connectivity index (χ3v) is 4.62. The van der Waals surface area contributed by atoms with Crippen molar-refractivity contribution >= 4 is 35.0 Å². The fraction of sp³-hybridized carbons (Fsp3) is 0.125. The van der Waals surface area contributed by atoms with E-state index in [4.69, 9.17) is 11.6 Å². The Morgan fingerprint density at radius 1 is 1.28 bits per heavy atom. The molecule has 25 heavy (non-hydrogen) atoms. The van der Waals surface area contributed by atoms with Crippen LogP contribution in [-0.4, -0.2) is 31.4 Å². The first-order valence-electron chi connectivity index (χ1n) is 7.23. The Morgan fingerprint density at radius 3 is 2.76 bits per heavy atom. The number of thioether (sulfide) groups is 1. The fourth-order valence-corrected chi connectivity index (χ4v) is 2.96. The molecule has 0 aliphatic carbocycles. The molecule has 0 bridgehead atoms. The highest BCUT2D eigenvalue weighted by molar-refractivity contribution is 7.99. The minimum absolute atomic E-state index is 0.139. The van der Waals surface area contributed by atoms with E-state index >= 15 is 0 Å². The molecule has 0 aliphatic rings. The van der Waals surface area contributed by atoms with Crippen LogP contribution in [0.4, 0.5) is 10.1 Å². The normalized spacial score (nSPS) is 10.7. The third-order valence-electron chi connectivity index (χ3n) is 3.30. The van der Waals surface area contributed by atoms with Gasteiger partial charge >= 0.3 is 0 Å². The molecule has 3 rings (SSSR count). The number of pyridine rings is 1. The summed E-state index contributed by atoms with van der Waals surface area (Å²) in [5, 5.41) is 11.7. The molecule has 0 unspecified atom stereocenters. The number of nitrogens with one attached hydrogen (secondary N) is 1. The van der Waals surface area contributed by atoms with Crippen LogP contribution < -0.4 is 5.32 Å². The van der Waals surface area contributed by atoms with Crippen molar-refractivity contribution in [2.75, 3.05) is 11.1 Å². The Bertz CT molecular complexity index is 900. The predicted molar refractivity (Wildman–Crippen MR) is 95.0 cm³/mol. The number of anilines is 1. The second kappa shape index (κ2) is 7.62. The molecule has 0 saturated heterocycles. The maximum absolute atomic E-state index is 13.0. The number of hydrogen-bond acceptors (Lipinski definition) is 5. The number of aromatic nitrogens is 4. The van der Waals surface area contributed by atoms with Crippen molar-refractivity contribution in [3.05, 3.63) is 53.6 Å². The van der Waals surface area contributed by atoms with Gasteiger partial charge in [0.1, 0.15) is 5.82 Å². The maximum Gasteiger partial charge on any atom is 0.234 e. The average Bonchev–Trinajstić information content (AvgIpc) is 2.97. The van der Waals surface area contributed by atoms with E-state index in [9.17, 15) is 9.18 Å². The lowest BCUT2D eigenvalue weighted by molar-refractivity contribution is -0.113. The molecular formula is C16H13ClFN5OS. The molecule has 1 aromatic carbocycles. The highest BCUT2D eigenvalue weighted by Crippen LogP contribution is 2.23. The van der Waals surface area contributed by atoms with Gasteiger partial charge in [-0.3, -0.25) is 4.79 Å². The van der Waals surface area contributed by atoms with Crippen molar-refractivity contribution in [2.24, 2.45) is 7.05 Å². The number of nitrogens with zero attached hydrogens (tertiary/aromatic N) is 4. The smallest absolute Gasteiger partial charge is 0.234 e. The van der Waals surface area contributed by atoms with E-state index in [0.29, 0.717) is 16.7 Å². The van der Waals surface area contributed by atoms with Gasteiger partial charge in [-0.15, -0.1) is 10.2 Å². The van der Waals surface area contributed by atoms with Gasteiger partial charge in [-0.25, -0.2) is 9.37 Å². The number of amides is 1. The lowest BCUT2D eigenvalue weighted by atomic mass is 10.2. The van der Waals surface area contributed by atoms with Gasteiger partial charge in [-0.05, 0) is 36.4 Å². The first-order valence-corrected chi connectivity index (χ1v) is 8.59. The molecule has 9 heteroatoms. The summed E-state index contributed by atoms with van der Waals surface area (Å²) >= 11 is 7.15. The Kier molecular flexibility index (Phi) is 5.30. The second-order valence-electron chi connectivity index (χ2n) is 5.05. The Labute approximate surface area is 152 Å². The number of benzene rings is 1. The van der Waals surface area contributed by atoms with E-state index in [1.807, 2.05) is 0 Å². The average molecular weight is 378 g/mol. The van der Waals surface area contributed by atoms with Gasteiger partial charge in [-0.2, -0.15) is 0 Å². The van der Waals surface area contributed by atoms with Crippen LogP contribution in [0.3, 0.4) is 0 Å². The highest BCUT2D eigenvalue weighted by atomic mass is 35.5. The lowest BCUT2D eigenvalue weighted by Crippen LogP contribution is -2.15. The van der Waals surface area contributed by atoms with E-state index < -0.39 is 0 Å². The number of halogens is 2. The predicted octanol–water partition coefficient (Wildman–Crippen LogP) is 3.40. The van der Waals surface area contributed by atoms with Crippen LogP contribution in [-0.2, 0) is 11.8 Å². The van der Waals surface area contributed by atoms with Gasteiger partial charge in [0.05, 0.1) is 11.4 Å². The van der Waals surface area contributed by atoms with Crippen LogP contribution in [0, 0.1) is 5.82 Å². The molecule has 0 fully saturated rings. The molecule has 128 valence electrons. The molecule has 2 heterocycles. The summed E-state index contributed by atoms with van der Waals surface area (Å²) in [6, 6.07) is 9.35. The van der Waals surface area contributed by atoms with Gasteiger partial charge in [0, 0.05) is 18.8 Å². The summed E-state index contributed by atoms with van der Waals surface area (Å²) in [6.07, 6.45) is 1.54. The van der Waals surface area contributed by atoms with Gasteiger partial charge in [0.15, 0.2) is 16.1 Å². The molecule has 2 aromatic heterocycles. The highest BCUT2D eigenvalue weighted by Gasteiger charge is 2.13. The molecule has 6 nitrogen and oxygen atoms in total. The molecular weight excluding hydrogens is 365 g/mol. The quantitative estimate of drug-likeness (QED) is 0.545. The Morgan fingerprint density at radius 2 is 2.04 bits per heavy atom. The van der Waals surface area contributed by atoms with Crippen LogP contribution in [0.2, 0.25) is 5.15 Å². The van der Waals surface area contributed by atoms with Crippen molar-refractivity contribution in [3.8, 4) is 11.4 Å². The summed E-state index contributed by atoms with van der Waals surface area (Å²) < 4.78 is 14.8. The number of hydrogen-bond donors (Lipinski definition) is 1. The van der Waals surface area contributed by atoms with Crippen LogP contribution in [0.25, 0.3) is 11.4 Å². The van der Waals surface area contributed by atoms with E-state index in [0.717, 1.165) is 5.56 Å². The Balaban J connectivity index is 1.65. The number of carbonyl (C=O) groups excluding carboxylic acids is 1. The number of carbonyl (C=O) groups is 1. The van der Waals surface area contributed by atoms with Crippen molar-refractivity contribution in [3.63, 3.8) is 0 Å². The van der Waals surface area contributed by atoms with Crippen molar-refractivity contribution in [2.45, 2.75) is 5.16 Å². The topological polar surface area (TPSA) is 72.7 Å². The zero-order valence-electron chi connectivity index (χ0n) is 13.1. The lowest BCUT2D eigenvalue weighted by Gasteiger charge is -2.06. The van der Waals surface area contributed by atoms with Crippen LogP contribution >= 0.6 is 23.4 Å². The zero-order chi connectivity index (χ0) is 17.8. The van der Waals surface area contributed by atoms with Crippen molar-refractivity contribution in [1.82, 2.24) is 19.7 Å². The van der Waals surface area contributed by atoms with Crippen molar-refractivity contribution < 1.29 is 9.18 Å². The van der Waals surface area contributed by atoms with E-state index in [2.05, 4.69) is 20.5 Å². The Hall–Kier alpha value is -2.45. The second-order valence-corrected chi connectivity index (χ2v) is 6.35. The van der Waals surface area contributed by atoms with Crippen molar-refractivity contribution in [1.29, 1.82) is 0 Å². The van der Waals surface area contributed by atoms with Gasteiger partial charge in [0.25, 0.3) is 0 Å². The largest absolute Gasteiger partial charge is 0.323 e. The van der Waals surface area contributed by atoms with Crippen LogP contribution in [0.15, 0.2) is 47.8 Å². The van der Waals surface area contributed by atoms with Crippen LogP contribution in [0.5, 0.6) is 0 Å². The molecule has 0 aliphatic heterocycles. The first kappa shape index (κ1) is 17.4. The molecule has 3 aromatic rings. The summed E-state index contributed by atoms with van der Waals surface area (Å²) in [4.78, 5) is 15.9. The van der Waals surface area contributed by atoms with E-state index in [1.165, 1.54) is 23.9 Å². The molecule has 0 atom stereocenters. The standard InChI is InChI=1S/C16H13ClFN5OS/c1-23-15(10-4-6-11(18)7-5-10)21-22-16(23)25-9-13(24)20-12-3-2-8-19-14(12)17/h2-8H,9H2,1H3,(H,20,24). The summed E-state index contributed by atoms with van der Waals surface area (Å²) in [7, 11) is 1.79. The number of rotatable bonds is 5. The van der Waals surface area contributed by atoms with Gasteiger partial charge < -0.3 is 9.88 Å². The minimum Gasteiger partial charge on any atom is -0.323 e. The molecule has 0 radical (unpaired) electrons. The molecule has 0 spiro atoms. The zero-order valence-corrected chi connectivity index (χ0v) is 14.7. The summed E-state index contributed by atoms with van der Waals surface area (Å²) in [5.41, 5.74) is 1.20. The van der Waals surface area contributed by atoms with Gasteiger partial charge in [0.2, 0.25) is 5.91 Å². The fourth-order valence-electron chi connectivity index (χ4n) is 2.09. The molecule has 1 amide bonds. The summed E-state index contributed by atoms with van der Waals surface area (Å²) in [6.45, 7) is 0.